The number of phenolic OH excluding ortho intramolecular Hbond substituents is 1. The molecular weight excluding hydrogens is 258 g/mol. The van der Waals surface area contributed by atoms with Crippen LogP contribution in [0.3, 0.4) is 0 Å². The number of hydrogen-bond acceptors (Lipinski definition) is 2. The van der Waals surface area contributed by atoms with Gasteiger partial charge in [-0.25, -0.2) is 0 Å². The van der Waals surface area contributed by atoms with E-state index in [4.69, 9.17) is 0 Å². The Morgan fingerprint density at radius 2 is 1.38 bits per heavy atom. The Bertz CT molecular complexity index is 351. The maximum atomic E-state index is 9.65. The molecule has 2 nitrogen and oxygen atoms in total. The van der Waals surface area contributed by atoms with Gasteiger partial charge in [0.05, 0.1) is 0 Å². The minimum atomic E-state index is 0.396. The summed E-state index contributed by atoms with van der Waals surface area (Å²) in [4.78, 5) is 0. The van der Waals surface area contributed by atoms with Gasteiger partial charge in [-0.1, -0.05) is 82.9 Å². The van der Waals surface area contributed by atoms with E-state index in [0.29, 0.717) is 5.75 Å². The van der Waals surface area contributed by atoms with Crippen molar-refractivity contribution >= 4 is 0 Å². The van der Waals surface area contributed by atoms with Gasteiger partial charge in [0.1, 0.15) is 5.75 Å². The summed E-state index contributed by atoms with van der Waals surface area (Å²) < 4.78 is 0. The van der Waals surface area contributed by atoms with Crippen LogP contribution in [0.4, 0.5) is 0 Å². The maximum absolute atomic E-state index is 9.65. The van der Waals surface area contributed by atoms with Crippen LogP contribution < -0.4 is 5.32 Å². The fourth-order valence-electron chi connectivity index (χ4n) is 2.62. The highest BCUT2D eigenvalue weighted by molar-refractivity contribution is 5.31. The van der Waals surface area contributed by atoms with Crippen LogP contribution in [0, 0.1) is 0 Å². The predicted octanol–water partition coefficient (Wildman–Crippen LogP) is 5.40. The molecule has 2 N–H and O–H groups in total. The highest BCUT2D eigenvalue weighted by Crippen LogP contribution is 2.15. The molecule has 0 saturated heterocycles. The molecule has 0 aliphatic rings. The van der Waals surface area contributed by atoms with Crippen LogP contribution >= 0.6 is 0 Å². The van der Waals surface area contributed by atoms with E-state index in [1.807, 2.05) is 18.2 Å². The van der Waals surface area contributed by atoms with Crippen molar-refractivity contribution in [1.82, 2.24) is 5.32 Å². The molecule has 0 atom stereocenters. The molecule has 0 aliphatic heterocycles. The lowest BCUT2D eigenvalue weighted by Gasteiger charge is -2.06. The third kappa shape index (κ3) is 9.52. The number of rotatable bonds is 13. The van der Waals surface area contributed by atoms with Crippen LogP contribution in [-0.2, 0) is 6.54 Å². The summed E-state index contributed by atoms with van der Waals surface area (Å²) in [6.45, 7) is 4.09. The second-order valence-corrected chi connectivity index (χ2v) is 5.99. The van der Waals surface area contributed by atoms with E-state index >= 15 is 0 Å². The fourth-order valence-corrected chi connectivity index (χ4v) is 2.62. The van der Waals surface area contributed by atoms with Gasteiger partial charge in [-0.15, -0.1) is 0 Å². The van der Waals surface area contributed by atoms with Crippen LogP contribution in [-0.4, -0.2) is 11.7 Å². The van der Waals surface area contributed by atoms with Gasteiger partial charge < -0.3 is 10.4 Å². The van der Waals surface area contributed by atoms with Gasteiger partial charge in [0, 0.05) is 12.1 Å². The van der Waals surface area contributed by atoms with E-state index in [0.717, 1.165) is 18.7 Å². The Kier molecular flexibility index (Phi) is 10.9. The summed E-state index contributed by atoms with van der Waals surface area (Å²) in [5.41, 5.74) is 0.990. The van der Waals surface area contributed by atoms with Crippen LogP contribution in [0.2, 0.25) is 0 Å². The number of aromatic hydroxyl groups is 1. The standard InChI is InChI=1S/C19H33NO/c1-2-3-4-5-6-7-8-9-10-13-16-20-17-18-14-11-12-15-19(18)21/h11-12,14-15,20-21H,2-10,13,16-17H2,1H3. The zero-order chi connectivity index (χ0) is 15.2. The van der Waals surface area contributed by atoms with E-state index in [2.05, 4.69) is 12.2 Å². The molecule has 0 aromatic heterocycles. The van der Waals surface area contributed by atoms with Crippen LogP contribution in [0.25, 0.3) is 0 Å². The molecule has 21 heavy (non-hydrogen) atoms. The fraction of sp³-hybridized carbons (Fsp3) is 0.684. The van der Waals surface area contributed by atoms with Crippen molar-refractivity contribution in [2.75, 3.05) is 6.54 Å². The minimum Gasteiger partial charge on any atom is -0.508 e. The van der Waals surface area contributed by atoms with Gasteiger partial charge in [-0.05, 0) is 19.0 Å². The molecule has 0 bridgehead atoms. The van der Waals surface area contributed by atoms with Crippen molar-refractivity contribution in [2.45, 2.75) is 77.7 Å². The Morgan fingerprint density at radius 3 is 2.00 bits per heavy atom. The number of phenols is 1. The summed E-state index contributed by atoms with van der Waals surface area (Å²) in [6, 6.07) is 7.55. The number of benzene rings is 1. The number of unbranched alkanes of at least 4 members (excludes halogenated alkanes) is 9. The predicted molar refractivity (Wildman–Crippen MR) is 91.7 cm³/mol. The van der Waals surface area contributed by atoms with Crippen molar-refractivity contribution < 1.29 is 5.11 Å². The molecule has 2 heteroatoms. The molecular formula is C19H33NO. The molecule has 0 radical (unpaired) electrons. The zero-order valence-electron chi connectivity index (χ0n) is 13.7. The van der Waals surface area contributed by atoms with Crippen LogP contribution in [0.1, 0.15) is 76.7 Å². The summed E-state index contributed by atoms with van der Waals surface area (Å²) in [5.74, 6) is 0.396. The summed E-state index contributed by atoms with van der Waals surface area (Å²) in [6.07, 6.45) is 13.8. The Balaban J connectivity index is 1.84. The molecule has 120 valence electrons. The smallest absolute Gasteiger partial charge is 0.120 e. The molecule has 1 rings (SSSR count). The lowest BCUT2D eigenvalue weighted by atomic mass is 10.1. The summed E-state index contributed by atoms with van der Waals surface area (Å²) >= 11 is 0. The van der Waals surface area contributed by atoms with Crippen molar-refractivity contribution in [3.8, 4) is 5.75 Å². The van der Waals surface area contributed by atoms with E-state index in [1.165, 1.54) is 64.2 Å². The van der Waals surface area contributed by atoms with Gasteiger partial charge in [-0.3, -0.25) is 0 Å². The third-order valence-corrected chi connectivity index (χ3v) is 4.01. The van der Waals surface area contributed by atoms with Gasteiger partial charge >= 0.3 is 0 Å². The Morgan fingerprint density at radius 1 is 0.810 bits per heavy atom. The van der Waals surface area contributed by atoms with Gasteiger partial charge in [0.2, 0.25) is 0 Å². The summed E-state index contributed by atoms with van der Waals surface area (Å²) in [7, 11) is 0. The van der Waals surface area contributed by atoms with E-state index in [1.54, 1.807) is 6.07 Å². The molecule has 0 spiro atoms. The molecule has 0 unspecified atom stereocenters. The lowest BCUT2D eigenvalue weighted by molar-refractivity contribution is 0.463. The zero-order valence-corrected chi connectivity index (χ0v) is 13.7. The average molecular weight is 291 g/mol. The number of nitrogens with one attached hydrogen (secondary N) is 1. The van der Waals surface area contributed by atoms with Crippen molar-refractivity contribution in [2.24, 2.45) is 0 Å². The monoisotopic (exact) mass is 291 g/mol. The van der Waals surface area contributed by atoms with Crippen LogP contribution in [0.5, 0.6) is 5.75 Å². The second kappa shape index (κ2) is 12.7. The van der Waals surface area contributed by atoms with Crippen molar-refractivity contribution in [3.63, 3.8) is 0 Å². The SMILES string of the molecule is CCCCCCCCCCCCNCc1ccccc1O. The largest absolute Gasteiger partial charge is 0.508 e. The summed E-state index contributed by atoms with van der Waals surface area (Å²) in [5, 5.41) is 13.1. The lowest BCUT2D eigenvalue weighted by Crippen LogP contribution is -2.14. The van der Waals surface area contributed by atoms with Gasteiger partial charge in [0.25, 0.3) is 0 Å². The van der Waals surface area contributed by atoms with E-state index in [-0.39, 0.29) is 0 Å². The molecule has 1 aromatic rings. The van der Waals surface area contributed by atoms with E-state index in [9.17, 15) is 5.11 Å². The molecule has 0 heterocycles. The average Bonchev–Trinajstić information content (AvgIpc) is 2.50. The van der Waals surface area contributed by atoms with Gasteiger partial charge in [0.15, 0.2) is 0 Å². The molecule has 1 aromatic carbocycles. The first kappa shape index (κ1) is 18.0. The highest BCUT2D eigenvalue weighted by atomic mass is 16.3. The minimum absolute atomic E-state index is 0.396. The highest BCUT2D eigenvalue weighted by Gasteiger charge is 1.98. The third-order valence-electron chi connectivity index (χ3n) is 4.01. The number of para-hydroxylation sites is 1. The molecule has 0 saturated carbocycles. The first-order valence-electron chi connectivity index (χ1n) is 8.82. The molecule has 0 aliphatic carbocycles. The van der Waals surface area contributed by atoms with Crippen molar-refractivity contribution in [1.29, 1.82) is 0 Å². The normalized spacial score (nSPS) is 10.9. The van der Waals surface area contributed by atoms with Gasteiger partial charge in [-0.2, -0.15) is 0 Å². The first-order valence-corrected chi connectivity index (χ1v) is 8.82. The first-order chi connectivity index (χ1) is 10.3. The Hall–Kier alpha value is -1.02. The molecule has 0 amide bonds. The van der Waals surface area contributed by atoms with Crippen LogP contribution in [0.15, 0.2) is 24.3 Å². The maximum Gasteiger partial charge on any atom is 0.120 e. The molecule has 0 fully saturated rings. The van der Waals surface area contributed by atoms with Crippen molar-refractivity contribution in [3.05, 3.63) is 29.8 Å². The topological polar surface area (TPSA) is 32.3 Å². The quantitative estimate of drug-likeness (QED) is 0.477. The van der Waals surface area contributed by atoms with E-state index < -0.39 is 0 Å². The second-order valence-electron chi connectivity index (χ2n) is 5.99. The number of hydrogen-bond donors (Lipinski definition) is 2. The Labute approximate surface area is 131 Å².